The molecule has 0 radical (unpaired) electrons. The molecular weight excluding hydrogens is 254 g/mol. The molecule has 1 aliphatic carbocycles. The maximum Gasteiger partial charge on any atom is 0.303 e. The van der Waals surface area contributed by atoms with Crippen molar-refractivity contribution >= 4 is 16.0 Å². The normalized spacial score (nSPS) is 26.1. The lowest BCUT2D eigenvalue weighted by molar-refractivity contribution is -0.137. The van der Waals surface area contributed by atoms with Crippen molar-refractivity contribution < 1.29 is 18.3 Å². The van der Waals surface area contributed by atoms with E-state index < -0.39 is 16.0 Å². The van der Waals surface area contributed by atoms with Gasteiger partial charge in [-0.1, -0.05) is 6.42 Å². The van der Waals surface area contributed by atoms with Crippen LogP contribution in [0.2, 0.25) is 0 Å². The molecular formula is C12H21NO4S. The fraction of sp³-hybridized carbons (Fsp3) is 0.917. The number of carbonyl (C=O) groups is 1. The largest absolute Gasteiger partial charge is 0.481 e. The van der Waals surface area contributed by atoms with Gasteiger partial charge in [-0.25, -0.2) is 8.42 Å². The molecule has 1 saturated carbocycles. The number of rotatable bonds is 6. The number of hydrogen-bond acceptors (Lipinski definition) is 3. The van der Waals surface area contributed by atoms with Crippen LogP contribution in [0.3, 0.4) is 0 Å². The first-order valence-corrected chi connectivity index (χ1v) is 8.31. The number of nitrogens with zero attached hydrogens (tertiary/aromatic N) is 1. The van der Waals surface area contributed by atoms with E-state index >= 15 is 0 Å². The second-order valence-corrected chi connectivity index (χ2v) is 7.38. The summed E-state index contributed by atoms with van der Waals surface area (Å²) in [5, 5.41) is 8.72. The lowest BCUT2D eigenvalue weighted by Crippen LogP contribution is -2.45. The van der Waals surface area contributed by atoms with Crippen molar-refractivity contribution in [2.45, 2.75) is 51.0 Å². The first-order chi connectivity index (χ1) is 8.49. The summed E-state index contributed by atoms with van der Waals surface area (Å²) >= 11 is 0. The van der Waals surface area contributed by atoms with Gasteiger partial charge in [0.15, 0.2) is 0 Å². The Hall–Kier alpha value is -0.620. The molecule has 2 fully saturated rings. The zero-order valence-electron chi connectivity index (χ0n) is 10.5. The molecule has 1 saturated heterocycles. The van der Waals surface area contributed by atoms with Crippen LogP contribution in [0, 0.1) is 5.92 Å². The van der Waals surface area contributed by atoms with Gasteiger partial charge in [0, 0.05) is 19.0 Å². The predicted octanol–water partition coefficient (Wildman–Crippen LogP) is 1.45. The van der Waals surface area contributed by atoms with Crippen LogP contribution >= 0.6 is 0 Å². The number of carboxylic acid groups (broad SMARTS) is 1. The molecule has 18 heavy (non-hydrogen) atoms. The number of aliphatic carboxylic acids is 1. The van der Waals surface area contributed by atoms with E-state index in [9.17, 15) is 13.2 Å². The molecule has 2 rings (SSSR count). The van der Waals surface area contributed by atoms with Crippen LogP contribution in [0.1, 0.15) is 44.9 Å². The molecule has 6 heteroatoms. The van der Waals surface area contributed by atoms with Crippen molar-refractivity contribution in [1.82, 2.24) is 4.31 Å². The molecule has 104 valence electrons. The minimum absolute atomic E-state index is 0.0557. The summed E-state index contributed by atoms with van der Waals surface area (Å²) in [4.78, 5) is 10.6. The summed E-state index contributed by atoms with van der Waals surface area (Å²) < 4.78 is 26.1. The van der Waals surface area contributed by atoms with Gasteiger partial charge in [0.2, 0.25) is 10.0 Å². The summed E-state index contributed by atoms with van der Waals surface area (Å²) in [7, 11) is -3.18. The van der Waals surface area contributed by atoms with Gasteiger partial charge in [0.1, 0.15) is 0 Å². The molecule has 5 nitrogen and oxygen atoms in total. The van der Waals surface area contributed by atoms with Crippen LogP contribution < -0.4 is 0 Å². The number of carboxylic acids is 1. The molecule has 2 aliphatic rings. The Morgan fingerprint density at radius 1 is 1.22 bits per heavy atom. The molecule has 0 aromatic heterocycles. The van der Waals surface area contributed by atoms with Gasteiger partial charge in [-0.2, -0.15) is 4.31 Å². The molecule has 0 amide bonds. The highest BCUT2D eigenvalue weighted by atomic mass is 32.2. The van der Waals surface area contributed by atoms with E-state index in [4.69, 9.17) is 5.11 Å². The summed E-state index contributed by atoms with van der Waals surface area (Å²) in [6.45, 7) is 0.569. The number of hydrogen-bond donors (Lipinski definition) is 1. The fourth-order valence-corrected chi connectivity index (χ4v) is 4.79. The standard InChI is InChI=1S/C12H21NO4S/c14-12(15)7-6-11-3-1-2-8-13(11)18(16,17)9-10-4-5-10/h10-11H,1-9H2,(H,14,15). The van der Waals surface area contributed by atoms with E-state index in [1.807, 2.05) is 0 Å². The highest BCUT2D eigenvalue weighted by Crippen LogP contribution is 2.33. The highest BCUT2D eigenvalue weighted by Gasteiger charge is 2.36. The van der Waals surface area contributed by atoms with Crippen LogP contribution in [0.4, 0.5) is 0 Å². The third-order valence-corrected chi connectivity index (χ3v) is 5.85. The summed E-state index contributed by atoms with van der Waals surface area (Å²) in [5.74, 6) is -0.242. The fourth-order valence-electron chi connectivity index (χ4n) is 2.60. The molecule has 1 unspecified atom stereocenters. The average molecular weight is 275 g/mol. The molecule has 1 atom stereocenters. The van der Waals surface area contributed by atoms with Gasteiger partial charge < -0.3 is 5.11 Å². The average Bonchev–Trinajstić information content (AvgIpc) is 3.10. The molecule has 1 heterocycles. The minimum Gasteiger partial charge on any atom is -0.481 e. The van der Waals surface area contributed by atoms with Gasteiger partial charge in [-0.15, -0.1) is 0 Å². The first kappa shape index (κ1) is 13.8. The number of sulfonamides is 1. The monoisotopic (exact) mass is 275 g/mol. The topological polar surface area (TPSA) is 74.7 Å². The van der Waals surface area contributed by atoms with Crippen LogP contribution in [-0.4, -0.2) is 42.1 Å². The van der Waals surface area contributed by atoms with Crippen molar-refractivity contribution in [2.75, 3.05) is 12.3 Å². The molecule has 1 N–H and O–H groups in total. The Labute approximate surface area is 108 Å². The Bertz CT molecular complexity index is 402. The van der Waals surface area contributed by atoms with E-state index in [-0.39, 0.29) is 18.2 Å². The van der Waals surface area contributed by atoms with Crippen LogP contribution in [0.5, 0.6) is 0 Å². The molecule has 1 aliphatic heterocycles. The van der Waals surface area contributed by atoms with Crippen LogP contribution in [-0.2, 0) is 14.8 Å². The Kier molecular flexibility index (Phi) is 4.27. The molecule has 0 aromatic rings. The van der Waals surface area contributed by atoms with E-state index in [2.05, 4.69) is 0 Å². The number of piperidine rings is 1. The quantitative estimate of drug-likeness (QED) is 0.796. The zero-order valence-corrected chi connectivity index (χ0v) is 11.4. The summed E-state index contributed by atoms with van der Waals surface area (Å²) in [6, 6.07) is -0.0985. The Morgan fingerprint density at radius 3 is 2.56 bits per heavy atom. The predicted molar refractivity (Wildman–Crippen MR) is 67.7 cm³/mol. The lowest BCUT2D eigenvalue weighted by atomic mass is 10.0. The first-order valence-electron chi connectivity index (χ1n) is 6.70. The molecule has 0 spiro atoms. The second kappa shape index (κ2) is 5.57. The lowest BCUT2D eigenvalue weighted by Gasteiger charge is -2.34. The maximum atomic E-state index is 12.3. The van der Waals surface area contributed by atoms with Crippen molar-refractivity contribution in [3.63, 3.8) is 0 Å². The SMILES string of the molecule is O=C(O)CCC1CCCCN1S(=O)(=O)CC1CC1. The minimum atomic E-state index is -3.18. The smallest absolute Gasteiger partial charge is 0.303 e. The van der Waals surface area contributed by atoms with E-state index in [1.54, 1.807) is 4.31 Å². The van der Waals surface area contributed by atoms with E-state index in [1.165, 1.54) is 0 Å². The van der Waals surface area contributed by atoms with Crippen molar-refractivity contribution in [3.8, 4) is 0 Å². The second-order valence-electron chi connectivity index (χ2n) is 5.41. The molecule has 0 aromatic carbocycles. The van der Waals surface area contributed by atoms with Gasteiger partial charge in [-0.3, -0.25) is 4.79 Å². The third kappa shape index (κ3) is 3.68. The van der Waals surface area contributed by atoms with Crippen molar-refractivity contribution in [1.29, 1.82) is 0 Å². The van der Waals surface area contributed by atoms with E-state index in [0.717, 1.165) is 32.1 Å². The van der Waals surface area contributed by atoms with Crippen LogP contribution in [0.25, 0.3) is 0 Å². The van der Waals surface area contributed by atoms with Gasteiger partial charge in [-0.05, 0) is 38.0 Å². The Balaban J connectivity index is 1.99. The zero-order chi connectivity index (χ0) is 13.2. The summed E-state index contributed by atoms with van der Waals surface area (Å²) in [5.41, 5.74) is 0. The highest BCUT2D eigenvalue weighted by molar-refractivity contribution is 7.89. The van der Waals surface area contributed by atoms with Crippen molar-refractivity contribution in [3.05, 3.63) is 0 Å². The van der Waals surface area contributed by atoms with Gasteiger partial charge in [0.25, 0.3) is 0 Å². The van der Waals surface area contributed by atoms with Gasteiger partial charge in [0.05, 0.1) is 5.75 Å². The van der Waals surface area contributed by atoms with Crippen molar-refractivity contribution in [2.24, 2.45) is 5.92 Å². The van der Waals surface area contributed by atoms with Crippen LogP contribution in [0.15, 0.2) is 0 Å². The van der Waals surface area contributed by atoms with Gasteiger partial charge >= 0.3 is 5.97 Å². The third-order valence-electron chi connectivity index (χ3n) is 3.77. The summed E-state index contributed by atoms with van der Waals surface area (Å²) in [6.07, 6.45) is 5.24. The molecule has 0 bridgehead atoms. The Morgan fingerprint density at radius 2 is 1.94 bits per heavy atom. The maximum absolute atomic E-state index is 12.3. The van der Waals surface area contributed by atoms with E-state index in [0.29, 0.717) is 18.9 Å².